The number of aromatic amines is 1. The summed E-state index contributed by atoms with van der Waals surface area (Å²) < 4.78 is 2.10. The maximum absolute atomic E-state index is 13.3. The number of ketones is 1. The highest BCUT2D eigenvalue weighted by Gasteiger charge is 2.25. The summed E-state index contributed by atoms with van der Waals surface area (Å²) in [6, 6.07) is 18.1. The molecule has 1 fully saturated rings. The number of nitrogens with zero attached hydrogens (tertiary/aromatic N) is 4. The molecule has 0 bridgehead atoms. The van der Waals surface area contributed by atoms with E-state index in [-0.39, 0.29) is 11.0 Å². The normalized spacial score (nSPS) is 15.5. The van der Waals surface area contributed by atoms with E-state index in [1.807, 2.05) is 55.6 Å². The van der Waals surface area contributed by atoms with Crippen molar-refractivity contribution in [1.29, 1.82) is 0 Å². The number of likely N-dealkylation sites (tertiary alicyclic amines) is 1. The molecule has 0 amide bonds. The number of benzene rings is 2. The Balaban J connectivity index is 1.44. The molecule has 1 aliphatic heterocycles. The number of aromatic nitrogens is 4. The van der Waals surface area contributed by atoms with Crippen LogP contribution in [0.1, 0.15) is 35.9 Å². The summed E-state index contributed by atoms with van der Waals surface area (Å²) in [7, 11) is 0. The van der Waals surface area contributed by atoms with Crippen molar-refractivity contribution in [3.63, 3.8) is 0 Å². The minimum Gasteiger partial charge on any atom is -0.360 e. The number of hydrogen-bond acceptors (Lipinski definition) is 5. The monoisotopic (exact) mass is 431 g/mol. The third-order valence-corrected chi connectivity index (χ3v) is 6.83. The summed E-state index contributed by atoms with van der Waals surface area (Å²) in [5, 5.41) is 10.4. The van der Waals surface area contributed by atoms with E-state index in [1.54, 1.807) is 0 Å². The van der Waals surface area contributed by atoms with Gasteiger partial charge in [-0.1, -0.05) is 48.2 Å². The van der Waals surface area contributed by atoms with E-state index >= 15 is 0 Å². The lowest BCUT2D eigenvalue weighted by Crippen LogP contribution is -2.21. The van der Waals surface area contributed by atoms with E-state index in [0.29, 0.717) is 0 Å². The van der Waals surface area contributed by atoms with Crippen LogP contribution in [-0.2, 0) is 6.54 Å². The first kappa shape index (κ1) is 20.0. The van der Waals surface area contributed by atoms with Gasteiger partial charge in [-0.05, 0) is 51.1 Å². The minimum absolute atomic E-state index is 0.0890. The molecule has 1 atom stereocenters. The van der Waals surface area contributed by atoms with Crippen molar-refractivity contribution in [2.45, 2.75) is 36.7 Å². The molecule has 1 saturated heterocycles. The van der Waals surface area contributed by atoms with Crippen molar-refractivity contribution in [3.05, 3.63) is 72.2 Å². The molecule has 0 aliphatic carbocycles. The molecule has 5 rings (SSSR count). The number of hydrogen-bond donors (Lipinski definition) is 1. The lowest BCUT2D eigenvalue weighted by Gasteiger charge is -2.16. The van der Waals surface area contributed by atoms with Crippen LogP contribution in [0.25, 0.3) is 16.6 Å². The molecular formula is C24H25N5OS. The van der Waals surface area contributed by atoms with Gasteiger partial charge in [0.25, 0.3) is 0 Å². The predicted octanol–water partition coefficient (Wildman–Crippen LogP) is 4.71. The molecule has 0 saturated carbocycles. The first-order valence-corrected chi connectivity index (χ1v) is 11.6. The fourth-order valence-electron chi connectivity index (χ4n) is 4.16. The number of carbonyl (C=O) groups is 1. The predicted molar refractivity (Wildman–Crippen MR) is 124 cm³/mol. The van der Waals surface area contributed by atoms with Gasteiger partial charge in [0.1, 0.15) is 0 Å². The molecule has 31 heavy (non-hydrogen) atoms. The molecule has 2 aromatic heterocycles. The molecule has 6 nitrogen and oxygen atoms in total. The van der Waals surface area contributed by atoms with Crippen LogP contribution < -0.4 is 0 Å². The van der Waals surface area contributed by atoms with Crippen LogP contribution in [0.3, 0.4) is 0 Å². The summed E-state index contributed by atoms with van der Waals surface area (Å²) in [4.78, 5) is 18.9. The van der Waals surface area contributed by atoms with Crippen LogP contribution in [0.5, 0.6) is 0 Å². The highest BCUT2D eigenvalue weighted by atomic mass is 32.2. The zero-order valence-corrected chi connectivity index (χ0v) is 18.3. The molecule has 0 unspecified atom stereocenters. The molecule has 4 aromatic rings. The Morgan fingerprint density at radius 2 is 1.81 bits per heavy atom. The quantitative estimate of drug-likeness (QED) is 0.339. The van der Waals surface area contributed by atoms with E-state index < -0.39 is 0 Å². The van der Waals surface area contributed by atoms with Crippen molar-refractivity contribution in [1.82, 2.24) is 24.6 Å². The number of para-hydroxylation sites is 2. The number of carbonyl (C=O) groups excluding carboxylic acids is 1. The van der Waals surface area contributed by atoms with Gasteiger partial charge in [-0.25, -0.2) is 0 Å². The minimum atomic E-state index is -0.287. The first-order valence-electron chi connectivity index (χ1n) is 10.7. The van der Waals surface area contributed by atoms with Crippen LogP contribution in [-0.4, -0.2) is 48.8 Å². The molecule has 0 radical (unpaired) electrons. The van der Waals surface area contributed by atoms with Crippen LogP contribution >= 0.6 is 11.8 Å². The third kappa shape index (κ3) is 4.03. The van der Waals surface area contributed by atoms with Gasteiger partial charge in [0, 0.05) is 28.4 Å². The van der Waals surface area contributed by atoms with Crippen molar-refractivity contribution in [2.75, 3.05) is 13.1 Å². The molecule has 1 N–H and O–H groups in total. The van der Waals surface area contributed by atoms with Gasteiger partial charge in [0.15, 0.2) is 16.8 Å². The van der Waals surface area contributed by atoms with Gasteiger partial charge in [-0.2, -0.15) is 0 Å². The van der Waals surface area contributed by atoms with E-state index in [4.69, 9.17) is 0 Å². The number of rotatable bonds is 7. The Labute approximate surface area is 185 Å². The maximum Gasteiger partial charge on any atom is 0.196 e. The fraction of sp³-hybridized carbons (Fsp3) is 0.292. The SMILES string of the molecule is C[C@H](Sc1nnc(CN2CCCC2)n1-c1ccccc1)C(=O)c1c[nH]c2ccccc12. The second kappa shape index (κ2) is 8.69. The average molecular weight is 432 g/mol. The van der Waals surface area contributed by atoms with Gasteiger partial charge in [0.05, 0.1) is 11.8 Å². The summed E-state index contributed by atoms with van der Waals surface area (Å²) in [6.07, 6.45) is 4.28. The van der Waals surface area contributed by atoms with E-state index in [1.165, 1.54) is 24.6 Å². The Kier molecular flexibility index (Phi) is 5.61. The molecule has 3 heterocycles. The van der Waals surface area contributed by atoms with E-state index in [2.05, 4.69) is 36.8 Å². The van der Waals surface area contributed by atoms with Gasteiger partial charge >= 0.3 is 0 Å². The van der Waals surface area contributed by atoms with Crippen LogP contribution in [0.2, 0.25) is 0 Å². The maximum atomic E-state index is 13.3. The third-order valence-electron chi connectivity index (χ3n) is 5.78. The zero-order chi connectivity index (χ0) is 21.2. The summed E-state index contributed by atoms with van der Waals surface area (Å²) in [5.41, 5.74) is 2.72. The standard InChI is InChI=1S/C24H25N5OS/c1-17(23(30)20-15-25-21-12-6-5-11-19(20)21)31-24-27-26-22(16-28-13-7-8-14-28)29(24)18-9-3-2-4-10-18/h2-6,9-12,15,17,25H,7-8,13-14,16H2,1H3/t17-/m0/s1. The van der Waals surface area contributed by atoms with Gasteiger partial charge < -0.3 is 4.98 Å². The summed E-state index contributed by atoms with van der Waals surface area (Å²) in [5.74, 6) is 1.01. The highest BCUT2D eigenvalue weighted by molar-refractivity contribution is 8.00. The highest BCUT2D eigenvalue weighted by Crippen LogP contribution is 2.30. The number of thioether (sulfide) groups is 1. The van der Waals surface area contributed by atoms with Crippen LogP contribution in [0.15, 0.2) is 66.0 Å². The zero-order valence-electron chi connectivity index (χ0n) is 17.5. The summed E-state index contributed by atoms with van der Waals surface area (Å²) in [6.45, 7) is 4.91. The summed E-state index contributed by atoms with van der Waals surface area (Å²) >= 11 is 1.47. The lowest BCUT2D eigenvalue weighted by molar-refractivity contribution is 0.0995. The molecule has 0 spiro atoms. The second-order valence-electron chi connectivity index (χ2n) is 7.93. The second-order valence-corrected chi connectivity index (χ2v) is 9.23. The largest absolute Gasteiger partial charge is 0.360 e. The first-order chi connectivity index (χ1) is 15.2. The van der Waals surface area contributed by atoms with Gasteiger partial charge in [-0.15, -0.1) is 10.2 Å². The van der Waals surface area contributed by atoms with E-state index in [9.17, 15) is 4.79 Å². The smallest absolute Gasteiger partial charge is 0.196 e. The average Bonchev–Trinajstić information content (AvgIpc) is 3.54. The Hall–Kier alpha value is -2.90. The van der Waals surface area contributed by atoms with Crippen molar-refractivity contribution >= 4 is 28.4 Å². The van der Waals surface area contributed by atoms with Crippen LogP contribution in [0.4, 0.5) is 0 Å². The van der Waals surface area contributed by atoms with Gasteiger partial charge in [-0.3, -0.25) is 14.3 Å². The van der Waals surface area contributed by atoms with Crippen molar-refractivity contribution in [3.8, 4) is 5.69 Å². The van der Waals surface area contributed by atoms with Gasteiger partial charge in [0.2, 0.25) is 0 Å². The Bertz CT molecular complexity index is 1190. The van der Waals surface area contributed by atoms with Crippen molar-refractivity contribution in [2.24, 2.45) is 0 Å². The molecule has 1 aliphatic rings. The number of H-pyrrole nitrogens is 1. The lowest BCUT2D eigenvalue weighted by atomic mass is 10.1. The number of Topliss-reactive ketones (excluding diaryl/α,β-unsaturated/α-hetero) is 1. The Morgan fingerprint density at radius 3 is 2.61 bits per heavy atom. The molecule has 158 valence electrons. The molecule has 7 heteroatoms. The topological polar surface area (TPSA) is 66.8 Å². The Morgan fingerprint density at radius 1 is 1.06 bits per heavy atom. The van der Waals surface area contributed by atoms with E-state index in [0.717, 1.165) is 52.8 Å². The fourth-order valence-corrected chi connectivity index (χ4v) is 5.12. The van der Waals surface area contributed by atoms with Crippen LogP contribution in [0, 0.1) is 0 Å². The number of fused-ring (bicyclic) bond motifs is 1. The number of nitrogens with one attached hydrogen (secondary N) is 1. The molecule has 2 aromatic carbocycles. The molecular weight excluding hydrogens is 406 g/mol. The van der Waals surface area contributed by atoms with Crippen molar-refractivity contribution < 1.29 is 4.79 Å².